The maximum Gasteiger partial charge on any atom is 0.322 e. The number of nitrogens with one attached hydrogen (secondary N) is 1. The highest BCUT2D eigenvalue weighted by molar-refractivity contribution is 7.99. The number of esters is 1. The molecule has 0 spiro atoms. The van der Waals surface area contributed by atoms with Crippen LogP contribution in [0.1, 0.15) is 30.4 Å². The summed E-state index contributed by atoms with van der Waals surface area (Å²) in [6.45, 7) is 4.24. The van der Waals surface area contributed by atoms with E-state index in [2.05, 4.69) is 37.4 Å². The number of rotatable bonds is 7. The number of hydrogen-bond acceptors (Lipinski definition) is 4. The lowest BCUT2D eigenvalue weighted by Crippen LogP contribution is -2.39. The Morgan fingerprint density at radius 1 is 1.45 bits per heavy atom. The van der Waals surface area contributed by atoms with Crippen molar-refractivity contribution in [3.63, 3.8) is 0 Å². The van der Waals surface area contributed by atoms with Gasteiger partial charge in [-0.25, -0.2) is 0 Å². The number of hydrogen-bond donors (Lipinski definition) is 1. The Balaban J connectivity index is 1.84. The first-order valence-electron chi connectivity index (χ1n) is 7.14. The Bertz CT molecular complexity index is 472. The van der Waals surface area contributed by atoms with Crippen molar-refractivity contribution in [3.05, 3.63) is 29.3 Å². The highest BCUT2D eigenvalue weighted by atomic mass is 32.2. The molecular weight excluding hydrogens is 270 g/mol. The zero-order valence-corrected chi connectivity index (χ0v) is 13.3. The number of carbonyl (C=O) groups is 1. The summed E-state index contributed by atoms with van der Waals surface area (Å²) in [5, 5.41) is 3.36. The van der Waals surface area contributed by atoms with Crippen LogP contribution in [0.15, 0.2) is 23.1 Å². The molecule has 0 aliphatic heterocycles. The quantitative estimate of drug-likeness (QED) is 0.619. The van der Waals surface area contributed by atoms with E-state index in [9.17, 15) is 4.79 Å². The molecule has 1 aromatic rings. The van der Waals surface area contributed by atoms with Crippen molar-refractivity contribution in [1.82, 2.24) is 5.32 Å². The smallest absolute Gasteiger partial charge is 0.322 e. The molecule has 0 bridgehead atoms. The van der Waals surface area contributed by atoms with E-state index < -0.39 is 0 Å². The minimum Gasteiger partial charge on any atom is -0.468 e. The van der Waals surface area contributed by atoms with Crippen molar-refractivity contribution in [2.75, 3.05) is 12.9 Å². The average Bonchev–Trinajstić information content (AvgIpc) is 3.23. The normalized spacial score (nSPS) is 15.9. The fourth-order valence-corrected chi connectivity index (χ4v) is 3.22. The molecule has 1 saturated carbocycles. The molecule has 1 atom stereocenters. The van der Waals surface area contributed by atoms with Crippen LogP contribution in [0.25, 0.3) is 0 Å². The summed E-state index contributed by atoms with van der Waals surface area (Å²) in [4.78, 5) is 13.0. The minimum absolute atomic E-state index is 0.141. The molecule has 1 unspecified atom stereocenters. The number of ether oxygens (including phenoxy) is 1. The van der Waals surface area contributed by atoms with Crippen LogP contribution in [-0.2, 0) is 9.53 Å². The summed E-state index contributed by atoms with van der Waals surface area (Å²) in [6.07, 6.45) is 3.16. The van der Waals surface area contributed by atoms with Crippen LogP contribution in [-0.4, -0.2) is 30.9 Å². The van der Waals surface area contributed by atoms with Gasteiger partial charge in [0.05, 0.1) is 7.11 Å². The van der Waals surface area contributed by atoms with Gasteiger partial charge in [0.25, 0.3) is 0 Å². The van der Waals surface area contributed by atoms with Crippen LogP contribution < -0.4 is 5.32 Å². The molecule has 1 aliphatic carbocycles. The summed E-state index contributed by atoms with van der Waals surface area (Å²) in [5.74, 6) is 0.779. The second kappa shape index (κ2) is 7.14. The molecule has 1 N–H and O–H groups in total. The Kier molecular flexibility index (Phi) is 5.49. The molecule has 4 heteroatoms. The standard InChI is InChI=1S/C16H23NO2S/c1-11-4-7-15(12(2)10-11)20-9-8-14(16(18)19-3)17-13-5-6-13/h4,7,10,13-14,17H,5-6,8-9H2,1-3H3. The van der Waals surface area contributed by atoms with Crippen LogP contribution in [0.2, 0.25) is 0 Å². The fraction of sp³-hybridized carbons (Fsp3) is 0.562. The van der Waals surface area contributed by atoms with E-state index in [-0.39, 0.29) is 12.0 Å². The van der Waals surface area contributed by atoms with E-state index in [1.54, 1.807) is 0 Å². The predicted molar refractivity (Wildman–Crippen MR) is 83.2 cm³/mol. The molecule has 0 aromatic heterocycles. The van der Waals surface area contributed by atoms with E-state index in [1.165, 1.54) is 36.0 Å². The molecular formula is C16H23NO2S. The number of aryl methyl sites for hydroxylation is 2. The molecule has 20 heavy (non-hydrogen) atoms. The van der Waals surface area contributed by atoms with Gasteiger partial charge < -0.3 is 10.1 Å². The summed E-state index contributed by atoms with van der Waals surface area (Å²) in [7, 11) is 1.46. The number of methoxy groups -OCH3 is 1. The zero-order valence-electron chi connectivity index (χ0n) is 12.4. The first kappa shape index (κ1) is 15.4. The lowest BCUT2D eigenvalue weighted by atomic mass is 10.2. The third kappa shape index (κ3) is 4.53. The second-order valence-electron chi connectivity index (χ2n) is 5.42. The molecule has 3 nitrogen and oxygen atoms in total. The van der Waals surface area contributed by atoms with Crippen LogP contribution in [0, 0.1) is 13.8 Å². The van der Waals surface area contributed by atoms with E-state index in [0.29, 0.717) is 6.04 Å². The van der Waals surface area contributed by atoms with Gasteiger partial charge in [-0.15, -0.1) is 11.8 Å². The van der Waals surface area contributed by atoms with E-state index in [0.717, 1.165) is 12.2 Å². The van der Waals surface area contributed by atoms with E-state index in [1.807, 2.05) is 11.8 Å². The molecule has 1 aromatic carbocycles. The van der Waals surface area contributed by atoms with Gasteiger partial charge in [-0.05, 0) is 44.7 Å². The van der Waals surface area contributed by atoms with Crippen molar-refractivity contribution in [2.24, 2.45) is 0 Å². The second-order valence-corrected chi connectivity index (χ2v) is 6.56. The molecule has 0 saturated heterocycles. The number of benzene rings is 1. The first-order valence-corrected chi connectivity index (χ1v) is 8.12. The zero-order chi connectivity index (χ0) is 14.5. The SMILES string of the molecule is COC(=O)C(CCSc1ccc(C)cc1C)NC1CC1. The molecule has 0 radical (unpaired) electrons. The summed E-state index contributed by atoms with van der Waals surface area (Å²) >= 11 is 1.81. The summed E-state index contributed by atoms with van der Waals surface area (Å²) in [5.41, 5.74) is 2.59. The Hall–Kier alpha value is -1.00. The van der Waals surface area contributed by atoms with Crippen molar-refractivity contribution < 1.29 is 9.53 Å². The molecule has 110 valence electrons. The highest BCUT2D eigenvalue weighted by Crippen LogP contribution is 2.25. The van der Waals surface area contributed by atoms with Crippen molar-refractivity contribution >= 4 is 17.7 Å². The van der Waals surface area contributed by atoms with Crippen LogP contribution in [0.5, 0.6) is 0 Å². The summed E-state index contributed by atoms with van der Waals surface area (Å²) in [6, 6.07) is 6.85. The topological polar surface area (TPSA) is 38.3 Å². The molecule has 1 aliphatic rings. The monoisotopic (exact) mass is 293 g/mol. The summed E-state index contributed by atoms with van der Waals surface area (Å²) < 4.78 is 4.87. The highest BCUT2D eigenvalue weighted by Gasteiger charge is 2.28. The molecule has 0 amide bonds. The first-order chi connectivity index (χ1) is 9.60. The third-order valence-electron chi connectivity index (χ3n) is 3.49. The van der Waals surface area contributed by atoms with Crippen molar-refractivity contribution in [1.29, 1.82) is 0 Å². The Morgan fingerprint density at radius 3 is 2.80 bits per heavy atom. The lowest BCUT2D eigenvalue weighted by molar-refractivity contribution is -0.143. The minimum atomic E-state index is -0.161. The largest absolute Gasteiger partial charge is 0.468 e. The molecule has 1 fully saturated rings. The van der Waals surface area contributed by atoms with Gasteiger partial charge in [0, 0.05) is 16.7 Å². The van der Waals surface area contributed by atoms with Gasteiger partial charge in [0.1, 0.15) is 6.04 Å². The lowest BCUT2D eigenvalue weighted by Gasteiger charge is -2.16. The Labute approximate surface area is 125 Å². The van der Waals surface area contributed by atoms with Gasteiger partial charge in [0.15, 0.2) is 0 Å². The van der Waals surface area contributed by atoms with Gasteiger partial charge >= 0.3 is 5.97 Å². The van der Waals surface area contributed by atoms with Crippen LogP contribution in [0.3, 0.4) is 0 Å². The van der Waals surface area contributed by atoms with Gasteiger partial charge in [-0.3, -0.25) is 4.79 Å². The van der Waals surface area contributed by atoms with Crippen molar-refractivity contribution in [3.8, 4) is 0 Å². The fourth-order valence-electron chi connectivity index (χ4n) is 2.19. The average molecular weight is 293 g/mol. The predicted octanol–water partition coefficient (Wildman–Crippen LogP) is 3.08. The third-order valence-corrected chi connectivity index (χ3v) is 4.70. The maximum absolute atomic E-state index is 11.7. The molecule has 0 heterocycles. The van der Waals surface area contributed by atoms with Crippen molar-refractivity contribution in [2.45, 2.75) is 50.1 Å². The van der Waals surface area contributed by atoms with Crippen LogP contribution in [0.4, 0.5) is 0 Å². The maximum atomic E-state index is 11.7. The molecule has 2 rings (SSSR count). The van der Waals surface area contributed by atoms with Crippen LogP contribution >= 0.6 is 11.8 Å². The van der Waals surface area contributed by atoms with Gasteiger partial charge in [-0.1, -0.05) is 17.7 Å². The van der Waals surface area contributed by atoms with Gasteiger partial charge in [-0.2, -0.15) is 0 Å². The number of carbonyl (C=O) groups excluding carboxylic acids is 1. The van der Waals surface area contributed by atoms with Gasteiger partial charge in [0.2, 0.25) is 0 Å². The number of thioether (sulfide) groups is 1. The van der Waals surface area contributed by atoms with E-state index in [4.69, 9.17) is 4.74 Å². The van der Waals surface area contributed by atoms with E-state index >= 15 is 0 Å². The Morgan fingerprint density at radius 2 is 2.20 bits per heavy atom.